The van der Waals surface area contributed by atoms with Gasteiger partial charge in [-0.3, -0.25) is 9.69 Å². The van der Waals surface area contributed by atoms with Crippen LogP contribution >= 0.6 is 0 Å². The number of ether oxygens (including phenoxy) is 2. The molecule has 10 heteroatoms. The molecule has 1 N–H and O–H groups in total. The van der Waals surface area contributed by atoms with Crippen molar-refractivity contribution in [1.29, 1.82) is 0 Å². The molecule has 0 spiro atoms. The molecule has 0 atom stereocenters. The van der Waals surface area contributed by atoms with Gasteiger partial charge in [0.25, 0.3) is 0 Å². The van der Waals surface area contributed by atoms with Crippen LogP contribution < -0.4 is 14.8 Å². The average Bonchev–Trinajstić information content (AvgIpc) is 2.83. The summed E-state index contributed by atoms with van der Waals surface area (Å²) in [7, 11) is 2.29. The molecule has 0 bridgehead atoms. The van der Waals surface area contributed by atoms with Gasteiger partial charge in [0.2, 0.25) is 15.9 Å². The van der Waals surface area contributed by atoms with Crippen LogP contribution in [0.25, 0.3) is 0 Å². The number of benzene rings is 2. The zero-order valence-electron chi connectivity index (χ0n) is 20.3. The molecule has 3 rings (SSSR count). The van der Waals surface area contributed by atoms with E-state index in [9.17, 15) is 13.2 Å². The van der Waals surface area contributed by atoms with Crippen molar-refractivity contribution in [3.63, 3.8) is 0 Å². The van der Waals surface area contributed by atoms with E-state index in [0.29, 0.717) is 5.69 Å². The highest BCUT2D eigenvalue weighted by Gasteiger charge is 2.24. The Bertz CT molecular complexity index is 1070. The number of carbonyl (C=O) groups is 1. The number of amides is 1. The number of hydrogen-bond acceptors (Lipinski definition) is 7. The van der Waals surface area contributed by atoms with Crippen LogP contribution in [0.2, 0.25) is 0 Å². The van der Waals surface area contributed by atoms with Gasteiger partial charge in [0.15, 0.2) is 0 Å². The zero-order valence-corrected chi connectivity index (χ0v) is 21.1. The maximum atomic E-state index is 12.6. The maximum absolute atomic E-state index is 12.6. The van der Waals surface area contributed by atoms with E-state index in [0.717, 1.165) is 49.2 Å². The summed E-state index contributed by atoms with van der Waals surface area (Å²) in [5, 5.41) is 2.82. The quantitative estimate of drug-likeness (QED) is 0.543. The molecule has 0 radical (unpaired) electrons. The Morgan fingerprint density at radius 3 is 2.21 bits per heavy atom. The molecule has 2 aromatic rings. The van der Waals surface area contributed by atoms with E-state index < -0.39 is 10.0 Å². The lowest BCUT2D eigenvalue weighted by molar-refractivity contribution is -0.117. The molecular formula is C24H34N4O5S. The number of piperazine rings is 1. The van der Waals surface area contributed by atoms with Gasteiger partial charge in [0.1, 0.15) is 16.4 Å². The molecule has 0 saturated carbocycles. The van der Waals surface area contributed by atoms with Crippen LogP contribution in [0.1, 0.15) is 5.56 Å². The second-order valence-corrected chi connectivity index (χ2v) is 10.5. The summed E-state index contributed by atoms with van der Waals surface area (Å²) in [6, 6.07) is 12.8. The summed E-state index contributed by atoms with van der Waals surface area (Å²) < 4.78 is 36.7. The van der Waals surface area contributed by atoms with E-state index in [1.807, 2.05) is 12.1 Å². The topological polar surface area (TPSA) is 91.4 Å². The fourth-order valence-electron chi connectivity index (χ4n) is 3.81. The average molecular weight is 491 g/mol. The normalized spacial score (nSPS) is 15.3. The molecule has 186 valence electrons. The third-order valence-electron chi connectivity index (χ3n) is 5.91. The summed E-state index contributed by atoms with van der Waals surface area (Å²) in [6.07, 6.45) is 0.972. The molecule has 1 heterocycles. The summed E-state index contributed by atoms with van der Waals surface area (Å²) >= 11 is 0. The number of nitrogens with zero attached hydrogens (tertiary/aromatic N) is 3. The number of sulfonamides is 1. The number of rotatable bonds is 10. The Morgan fingerprint density at radius 2 is 1.62 bits per heavy atom. The van der Waals surface area contributed by atoms with Crippen LogP contribution in [0.15, 0.2) is 47.4 Å². The van der Waals surface area contributed by atoms with Crippen molar-refractivity contribution in [1.82, 2.24) is 14.1 Å². The number of anilines is 1. The summed E-state index contributed by atoms with van der Waals surface area (Å²) in [6.45, 7) is 4.64. The molecule has 34 heavy (non-hydrogen) atoms. The predicted octanol–water partition coefficient (Wildman–Crippen LogP) is 1.75. The Hall–Kier alpha value is -2.66. The SMILES string of the molecule is COc1ccc(CCN2CCN(CC(=O)Nc3ccc(OC)c(S(=O)(=O)N(C)C)c3)CC2)cc1. The third kappa shape index (κ3) is 6.69. The van der Waals surface area contributed by atoms with E-state index in [1.165, 1.54) is 32.8 Å². The lowest BCUT2D eigenvalue weighted by Crippen LogP contribution is -2.49. The van der Waals surface area contributed by atoms with E-state index in [1.54, 1.807) is 19.2 Å². The van der Waals surface area contributed by atoms with Gasteiger partial charge in [-0.2, -0.15) is 0 Å². The minimum absolute atomic E-state index is 0.0169. The molecule has 0 unspecified atom stereocenters. The molecule has 1 saturated heterocycles. The van der Waals surface area contributed by atoms with Gasteiger partial charge < -0.3 is 19.7 Å². The molecule has 1 aliphatic heterocycles. The van der Waals surface area contributed by atoms with E-state index in [4.69, 9.17) is 9.47 Å². The fourth-order valence-corrected chi connectivity index (χ4v) is 4.88. The highest BCUT2D eigenvalue weighted by atomic mass is 32.2. The van der Waals surface area contributed by atoms with E-state index in [-0.39, 0.29) is 23.1 Å². The highest BCUT2D eigenvalue weighted by molar-refractivity contribution is 7.89. The highest BCUT2D eigenvalue weighted by Crippen LogP contribution is 2.28. The Morgan fingerprint density at radius 1 is 0.971 bits per heavy atom. The first-order chi connectivity index (χ1) is 16.2. The summed E-state index contributed by atoms with van der Waals surface area (Å²) in [5.41, 5.74) is 1.70. The third-order valence-corrected chi connectivity index (χ3v) is 7.75. The number of nitrogens with one attached hydrogen (secondary N) is 1. The molecule has 2 aromatic carbocycles. The van der Waals surface area contributed by atoms with Crippen LogP contribution in [0.5, 0.6) is 11.5 Å². The van der Waals surface area contributed by atoms with Crippen LogP contribution in [0.3, 0.4) is 0 Å². The minimum atomic E-state index is -3.71. The standard InChI is InChI=1S/C24H34N4O5S/c1-26(2)34(30,31)23-17-20(7-10-22(23)33-4)25-24(29)18-28-15-13-27(14-16-28)12-11-19-5-8-21(32-3)9-6-19/h5-10,17H,11-16,18H2,1-4H3,(H,25,29). The van der Waals surface area contributed by atoms with Crippen molar-refractivity contribution in [2.75, 3.05) is 72.9 Å². The van der Waals surface area contributed by atoms with Crippen molar-refractivity contribution in [2.24, 2.45) is 0 Å². The van der Waals surface area contributed by atoms with Gasteiger partial charge in [0.05, 0.1) is 20.8 Å². The minimum Gasteiger partial charge on any atom is -0.497 e. The number of carbonyl (C=O) groups excluding carboxylic acids is 1. The lowest BCUT2D eigenvalue weighted by atomic mass is 10.1. The van der Waals surface area contributed by atoms with Crippen LogP contribution in [0, 0.1) is 0 Å². The van der Waals surface area contributed by atoms with Gasteiger partial charge in [-0.05, 0) is 42.3 Å². The Kier molecular flexibility index (Phi) is 8.90. The van der Waals surface area contributed by atoms with Crippen LogP contribution in [-0.2, 0) is 21.2 Å². The predicted molar refractivity (Wildman–Crippen MR) is 132 cm³/mol. The van der Waals surface area contributed by atoms with Crippen molar-refractivity contribution in [2.45, 2.75) is 11.3 Å². The van der Waals surface area contributed by atoms with Crippen molar-refractivity contribution in [3.05, 3.63) is 48.0 Å². The fraction of sp³-hybridized carbons (Fsp3) is 0.458. The maximum Gasteiger partial charge on any atom is 0.246 e. The molecule has 0 aliphatic carbocycles. The lowest BCUT2D eigenvalue weighted by Gasteiger charge is -2.34. The first-order valence-corrected chi connectivity index (χ1v) is 12.6. The number of methoxy groups -OCH3 is 2. The van der Waals surface area contributed by atoms with Crippen LogP contribution in [0.4, 0.5) is 5.69 Å². The second-order valence-electron chi connectivity index (χ2n) is 8.42. The Balaban J connectivity index is 1.48. The van der Waals surface area contributed by atoms with Crippen molar-refractivity contribution < 1.29 is 22.7 Å². The smallest absolute Gasteiger partial charge is 0.246 e. The molecular weight excluding hydrogens is 456 g/mol. The van der Waals surface area contributed by atoms with Gasteiger partial charge >= 0.3 is 0 Å². The van der Waals surface area contributed by atoms with Gasteiger partial charge in [-0.25, -0.2) is 12.7 Å². The van der Waals surface area contributed by atoms with Crippen molar-refractivity contribution >= 4 is 21.6 Å². The molecule has 1 aliphatic rings. The van der Waals surface area contributed by atoms with Gasteiger partial charge in [-0.15, -0.1) is 0 Å². The molecule has 1 fully saturated rings. The largest absolute Gasteiger partial charge is 0.497 e. The summed E-state index contributed by atoms with van der Waals surface area (Å²) in [5.74, 6) is 0.920. The molecule has 1 amide bonds. The first-order valence-electron chi connectivity index (χ1n) is 11.2. The molecule has 0 aromatic heterocycles. The van der Waals surface area contributed by atoms with E-state index in [2.05, 4.69) is 27.2 Å². The van der Waals surface area contributed by atoms with Crippen molar-refractivity contribution in [3.8, 4) is 11.5 Å². The number of hydrogen-bond donors (Lipinski definition) is 1. The summed E-state index contributed by atoms with van der Waals surface area (Å²) in [4.78, 5) is 17.1. The van der Waals surface area contributed by atoms with Gasteiger partial charge in [-0.1, -0.05) is 12.1 Å². The second kappa shape index (κ2) is 11.7. The van der Waals surface area contributed by atoms with Crippen LogP contribution in [-0.4, -0.2) is 96.0 Å². The first kappa shape index (κ1) is 26.0. The zero-order chi connectivity index (χ0) is 24.7. The Labute approximate surface area is 202 Å². The van der Waals surface area contributed by atoms with Gasteiger partial charge in [0, 0.05) is 52.5 Å². The molecule has 9 nitrogen and oxygen atoms in total. The van der Waals surface area contributed by atoms with E-state index >= 15 is 0 Å². The monoisotopic (exact) mass is 490 g/mol.